The molecule has 0 radical (unpaired) electrons. The summed E-state index contributed by atoms with van der Waals surface area (Å²) in [6.45, 7) is 2.01. The number of hydrogen-bond donors (Lipinski definition) is 1. The lowest BCUT2D eigenvalue weighted by atomic mass is 10.1. The highest BCUT2D eigenvalue weighted by Crippen LogP contribution is 2.29. The number of ether oxygens (including phenoxy) is 1. The molecule has 94 valence electrons. The second-order valence-electron chi connectivity index (χ2n) is 3.88. The minimum absolute atomic E-state index is 0.0942. The van der Waals surface area contributed by atoms with Gasteiger partial charge in [0.25, 0.3) is 0 Å². The summed E-state index contributed by atoms with van der Waals surface area (Å²) in [5.74, 6) is -0.347. The van der Waals surface area contributed by atoms with Gasteiger partial charge in [-0.1, -0.05) is 0 Å². The van der Waals surface area contributed by atoms with Crippen LogP contribution in [0.25, 0.3) is 0 Å². The number of hydrogen-bond acceptors (Lipinski definition) is 3. The zero-order valence-corrected chi connectivity index (χ0v) is 9.14. The van der Waals surface area contributed by atoms with Crippen molar-refractivity contribution in [3.8, 4) is 0 Å². The second kappa shape index (κ2) is 5.52. The van der Waals surface area contributed by atoms with E-state index in [-0.39, 0.29) is 24.9 Å². The Morgan fingerprint density at radius 2 is 2.12 bits per heavy atom. The molecule has 3 nitrogen and oxygen atoms in total. The van der Waals surface area contributed by atoms with E-state index in [1.807, 2.05) is 0 Å². The second-order valence-corrected chi connectivity index (χ2v) is 3.88. The first-order valence-electron chi connectivity index (χ1n) is 5.42. The monoisotopic (exact) mass is 239 g/mol. The molecular weight excluding hydrogens is 223 g/mol. The third-order valence-electron chi connectivity index (χ3n) is 2.64. The number of rotatable bonds is 4. The predicted molar refractivity (Wildman–Crippen MR) is 51.9 cm³/mol. The van der Waals surface area contributed by atoms with Crippen molar-refractivity contribution in [2.75, 3.05) is 6.61 Å². The number of alkyl halides is 3. The van der Waals surface area contributed by atoms with E-state index in [0.29, 0.717) is 19.4 Å². The van der Waals surface area contributed by atoms with E-state index in [2.05, 4.69) is 5.32 Å². The summed E-state index contributed by atoms with van der Waals surface area (Å²) in [7, 11) is 0. The van der Waals surface area contributed by atoms with Crippen LogP contribution in [0.1, 0.15) is 32.6 Å². The predicted octanol–water partition coefficient (Wildman–Crippen LogP) is 2.01. The van der Waals surface area contributed by atoms with Crippen molar-refractivity contribution >= 4 is 5.97 Å². The number of carbonyl (C=O) groups excluding carboxylic acids is 1. The topological polar surface area (TPSA) is 38.3 Å². The van der Waals surface area contributed by atoms with Gasteiger partial charge in [-0.2, -0.15) is 13.2 Å². The van der Waals surface area contributed by atoms with Crippen LogP contribution in [0.5, 0.6) is 0 Å². The summed E-state index contributed by atoms with van der Waals surface area (Å²) in [5, 5.41) is 2.50. The normalized spacial score (nSPS) is 25.8. The zero-order valence-electron chi connectivity index (χ0n) is 9.14. The summed E-state index contributed by atoms with van der Waals surface area (Å²) < 4.78 is 41.6. The summed E-state index contributed by atoms with van der Waals surface area (Å²) in [5.41, 5.74) is 0. The number of nitrogens with one attached hydrogen (secondary N) is 1. The highest BCUT2D eigenvalue weighted by atomic mass is 19.4. The molecule has 0 spiro atoms. The lowest BCUT2D eigenvalue weighted by Crippen LogP contribution is -2.40. The third-order valence-corrected chi connectivity index (χ3v) is 2.64. The molecule has 0 aromatic carbocycles. The van der Waals surface area contributed by atoms with Gasteiger partial charge in [-0.15, -0.1) is 0 Å². The fraction of sp³-hybridized carbons (Fsp3) is 0.900. The van der Waals surface area contributed by atoms with E-state index in [9.17, 15) is 18.0 Å². The summed E-state index contributed by atoms with van der Waals surface area (Å²) in [4.78, 5) is 11.0. The van der Waals surface area contributed by atoms with Crippen LogP contribution in [0.2, 0.25) is 0 Å². The van der Waals surface area contributed by atoms with Crippen molar-refractivity contribution in [1.82, 2.24) is 5.32 Å². The maximum absolute atomic E-state index is 12.3. The van der Waals surface area contributed by atoms with Crippen LogP contribution in [0.3, 0.4) is 0 Å². The van der Waals surface area contributed by atoms with Crippen molar-refractivity contribution in [3.63, 3.8) is 0 Å². The molecule has 1 rings (SSSR count). The molecule has 1 saturated heterocycles. The van der Waals surface area contributed by atoms with E-state index in [1.54, 1.807) is 6.92 Å². The molecule has 1 aliphatic rings. The standard InChI is InChI=1S/C10H16F3NO2/c1-2-16-9(15)6-4-7-3-5-8(14-7)10(11,12)13/h7-8,14H,2-6H2,1H3/t7-,8+/m1/s1. The van der Waals surface area contributed by atoms with E-state index in [0.717, 1.165) is 0 Å². The Balaban J connectivity index is 2.24. The molecule has 0 amide bonds. The maximum Gasteiger partial charge on any atom is 0.403 e. The molecule has 1 fully saturated rings. The Morgan fingerprint density at radius 3 is 2.62 bits per heavy atom. The Hall–Kier alpha value is -0.780. The average Bonchev–Trinajstić information content (AvgIpc) is 2.63. The molecule has 0 bridgehead atoms. The van der Waals surface area contributed by atoms with Crippen molar-refractivity contribution < 1.29 is 22.7 Å². The molecule has 0 aromatic rings. The van der Waals surface area contributed by atoms with Crippen LogP contribution in [0, 0.1) is 0 Å². The quantitative estimate of drug-likeness (QED) is 0.763. The SMILES string of the molecule is CCOC(=O)CC[C@H]1CC[C@@H](C(F)(F)F)N1. The molecular formula is C10H16F3NO2. The maximum atomic E-state index is 12.3. The van der Waals surface area contributed by atoms with Gasteiger partial charge in [0.2, 0.25) is 0 Å². The summed E-state index contributed by atoms with van der Waals surface area (Å²) in [6.07, 6.45) is -3.04. The highest BCUT2D eigenvalue weighted by molar-refractivity contribution is 5.69. The summed E-state index contributed by atoms with van der Waals surface area (Å²) in [6, 6.07) is -1.64. The minimum Gasteiger partial charge on any atom is -0.466 e. The van der Waals surface area contributed by atoms with Crippen LogP contribution in [0.4, 0.5) is 13.2 Å². The average molecular weight is 239 g/mol. The van der Waals surface area contributed by atoms with Crippen LogP contribution in [-0.4, -0.2) is 30.8 Å². The highest BCUT2D eigenvalue weighted by Gasteiger charge is 2.43. The molecule has 1 N–H and O–H groups in total. The Labute approximate surface area is 92.3 Å². The largest absolute Gasteiger partial charge is 0.466 e. The molecule has 0 aromatic heterocycles. The molecule has 2 atom stereocenters. The van der Waals surface area contributed by atoms with Gasteiger partial charge >= 0.3 is 12.1 Å². The van der Waals surface area contributed by atoms with Gasteiger partial charge in [-0.05, 0) is 26.2 Å². The van der Waals surface area contributed by atoms with Crippen molar-refractivity contribution in [3.05, 3.63) is 0 Å². The minimum atomic E-state index is -4.18. The van der Waals surface area contributed by atoms with Crippen molar-refractivity contribution in [2.45, 2.75) is 50.9 Å². The lowest BCUT2D eigenvalue weighted by molar-refractivity contribution is -0.152. The third kappa shape index (κ3) is 4.00. The number of halogens is 3. The van der Waals surface area contributed by atoms with Gasteiger partial charge in [0.1, 0.15) is 6.04 Å². The van der Waals surface area contributed by atoms with Gasteiger partial charge in [-0.3, -0.25) is 4.79 Å². The van der Waals surface area contributed by atoms with E-state index in [1.165, 1.54) is 0 Å². The Kier molecular flexibility index (Phi) is 4.58. The fourth-order valence-electron chi connectivity index (χ4n) is 1.83. The number of esters is 1. The van der Waals surface area contributed by atoms with Crippen LogP contribution < -0.4 is 5.32 Å². The number of carbonyl (C=O) groups is 1. The molecule has 0 unspecified atom stereocenters. The lowest BCUT2D eigenvalue weighted by Gasteiger charge is -2.16. The molecule has 16 heavy (non-hydrogen) atoms. The van der Waals surface area contributed by atoms with E-state index < -0.39 is 12.2 Å². The molecule has 1 heterocycles. The molecule has 0 saturated carbocycles. The van der Waals surface area contributed by atoms with Crippen LogP contribution in [-0.2, 0) is 9.53 Å². The molecule has 6 heteroatoms. The Bertz CT molecular complexity index is 243. The van der Waals surface area contributed by atoms with Crippen LogP contribution >= 0.6 is 0 Å². The first kappa shape index (κ1) is 13.3. The molecule has 1 aliphatic heterocycles. The fourth-order valence-corrected chi connectivity index (χ4v) is 1.83. The Morgan fingerprint density at radius 1 is 1.44 bits per heavy atom. The van der Waals surface area contributed by atoms with Crippen molar-refractivity contribution in [2.24, 2.45) is 0 Å². The van der Waals surface area contributed by atoms with E-state index in [4.69, 9.17) is 4.74 Å². The smallest absolute Gasteiger partial charge is 0.403 e. The van der Waals surface area contributed by atoms with Gasteiger partial charge in [-0.25, -0.2) is 0 Å². The zero-order chi connectivity index (χ0) is 12.2. The first-order valence-corrected chi connectivity index (χ1v) is 5.42. The summed E-state index contributed by atoms with van der Waals surface area (Å²) >= 11 is 0. The van der Waals surface area contributed by atoms with Gasteiger partial charge in [0.15, 0.2) is 0 Å². The van der Waals surface area contributed by atoms with Crippen molar-refractivity contribution in [1.29, 1.82) is 0 Å². The van der Waals surface area contributed by atoms with E-state index >= 15 is 0 Å². The van der Waals surface area contributed by atoms with Gasteiger partial charge < -0.3 is 10.1 Å². The van der Waals surface area contributed by atoms with Crippen LogP contribution in [0.15, 0.2) is 0 Å². The molecule has 0 aliphatic carbocycles. The van der Waals surface area contributed by atoms with Gasteiger partial charge in [0, 0.05) is 12.5 Å². The van der Waals surface area contributed by atoms with Gasteiger partial charge in [0.05, 0.1) is 6.61 Å². The first-order chi connectivity index (χ1) is 7.43.